The fourth-order valence-corrected chi connectivity index (χ4v) is 4.61. The standard InChI is InChI=1S/C27H33N3O5/c1-3-34-27(32)23-17-30(14-11-25(23)28-12-4-6-19-7-5-15-35-19)18-26(31)21-10-13-29-24-9-8-20(33-2)16-22(21)24/h4-10,13,15-16,23,25-26,28,31H,3,11-12,14,17-18H2,1-2H3/t23-,25-,26-/m0/s1. The highest BCUT2D eigenvalue weighted by atomic mass is 16.5. The Morgan fingerprint density at radius 1 is 1.37 bits per heavy atom. The summed E-state index contributed by atoms with van der Waals surface area (Å²) in [5.74, 6) is 0.980. The van der Waals surface area contributed by atoms with Gasteiger partial charge in [-0.05, 0) is 67.9 Å². The number of carbonyl (C=O) groups excluding carboxylic acids is 1. The SMILES string of the molecule is CCOC(=O)[C@H]1CN(C[C@H](O)c2ccnc3ccc(OC)cc23)CC[C@@H]1NCC=Cc1ccco1. The smallest absolute Gasteiger partial charge is 0.311 e. The molecular formula is C27H33N3O5. The van der Waals surface area contributed by atoms with Crippen LogP contribution in [0.4, 0.5) is 0 Å². The third-order valence-corrected chi connectivity index (χ3v) is 6.38. The van der Waals surface area contributed by atoms with Crippen molar-refractivity contribution in [3.63, 3.8) is 0 Å². The van der Waals surface area contributed by atoms with E-state index in [4.69, 9.17) is 13.9 Å². The van der Waals surface area contributed by atoms with Crippen LogP contribution in [-0.4, -0.2) is 66.9 Å². The number of ether oxygens (including phenoxy) is 2. The maximum absolute atomic E-state index is 12.8. The number of hydrogen-bond acceptors (Lipinski definition) is 8. The van der Waals surface area contributed by atoms with E-state index in [1.807, 2.05) is 55.5 Å². The van der Waals surface area contributed by atoms with Crippen LogP contribution in [0.25, 0.3) is 17.0 Å². The zero-order chi connectivity index (χ0) is 24.6. The molecule has 186 valence electrons. The van der Waals surface area contributed by atoms with Gasteiger partial charge in [0.15, 0.2) is 0 Å². The number of aliphatic hydroxyl groups is 1. The summed E-state index contributed by atoms with van der Waals surface area (Å²) in [6, 6.07) is 11.2. The van der Waals surface area contributed by atoms with Crippen molar-refractivity contribution in [2.45, 2.75) is 25.5 Å². The van der Waals surface area contributed by atoms with Crippen LogP contribution < -0.4 is 10.1 Å². The molecule has 1 aromatic carbocycles. The number of aromatic nitrogens is 1. The quantitative estimate of drug-likeness (QED) is 0.427. The third kappa shape index (κ3) is 6.28. The van der Waals surface area contributed by atoms with Gasteiger partial charge >= 0.3 is 5.97 Å². The maximum Gasteiger partial charge on any atom is 0.311 e. The highest BCUT2D eigenvalue weighted by Crippen LogP contribution is 2.28. The number of esters is 1. The Bertz CT molecular complexity index is 1130. The fourth-order valence-electron chi connectivity index (χ4n) is 4.61. The van der Waals surface area contributed by atoms with Crippen molar-refractivity contribution in [3.05, 3.63) is 66.3 Å². The lowest BCUT2D eigenvalue weighted by atomic mass is 9.91. The average Bonchev–Trinajstić information content (AvgIpc) is 3.40. The normalized spacial score (nSPS) is 19.7. The van der Waals surface area contributed by atoms with Gasteiger partial charge in [0, 0.05) is 37.3 Å². The largest absolute Gasteiger partial charge is 0.497 e. The predicted octanol–water partition coefficient (Wildman–Crippen LogP) is 3.43. The molecule has 4 rings (SSSR count). The molecule has 0 bridgehead atoms. The lowest BCUT2D eigenvalue weighted by Gasteiger charge is -2.38. The van der Waals surface area contributed by atoms with Crippen LogP contribution in [0, 0.1) is 5.92 Å². The number of carbonyl (C=O) groups is 1. The van der Waals surface area contributed by atoms with E-state index in [-0.39, 0.29) is 17.9 Å². The van der Waals surface area contributed by atoms with E-state index in [1.54, 1.807) is 19.6 Å². The van der Waals surface area contributed by atoms with Crippen LogP contribution in [0.3, 0.4) is 0 Å². The van der Waals surface area contributed by atoms with Crippen LogP contribution >= 0.6 is 0 Å². The number of furan rings is 1. The van der Waals surface area contributed by atoms with Gasteiger partial charge in [-0.3, -0.25) is 14.7 Å². The zero-order valence-electron chi connectivity index (χ0n) is 20.2. The Morgan fingerprint density at radius 3 is 3.03 bits per heavy atom. The van der Waals surface area contributed by atoms with Crippen molar-refractivity contribution in [1.29, 1.82) is 0 Å². The number of nitrogens with one attached hydrogen (secondary N) is 1. The molecule has 0 amide bonds. The van der Waals surface area contributed by atoms with Crippen LogP contribution in [0.5, 0.6) is 5.75 Å². The second kappa shape index (κ2) is 12.0. The molecule has 1 saturated heterocycles. The van der Waals surface area contributed by atoms with Crippen molar-refractivity contribution in [3.8, 4) is 5.75 Å². The number of aliphatic hydroxyl groups excluding tert-OH is 1. The Kier molecular flexibility index (Phi) is 8.52. The van der Waals surface area contributed by atoms with E-state index in [9.17, 15) is 9.90 Å². The zero-order valence-corrected chi connectivity index (χ0v) is 20.2. The number of piperidine rings is 1. The number of β-amino-alcohol motifs (C(OH)–C–C–N with tert-alkyl or cyclic N) is 1. The van der Waals surface area contributed by atoms with Crippen molar-refractivity contribution < 1.29 is 23.8 Å². The lowest BCUT2D eigenvalue weighted by molar-refractivity contribution is -0.151. The summed E-state index contributed by atoms with van der Waals surface area (Å²) >= 11 is 0. The molecule has 3 aromatic rings. The Balaban J connectivity index is 1.42. The number of fused-ring (bicyclic) bond motifs is 1. The van der Waals surface area contributed by atoms with Gasteiger partial charge < -0.3 is 24.3 Å². The van der Waals surface area contributed by atoms with Crippen molar-refractivity contribution in [2.75, 3.05) is 39.9 Å². The molecule has 1 aliphatic heterocycles. The Labute approximate surface area is 205 Å². The van der Waals surface area contributed by atoms with Crippen molar-refractivity contribution in [2.24, 2.45) is 5.92 Å². The summed E-state index contributed by atoms with van der Waals surface area (Å²) < 4.78 is 16.0. The lowest BCUT2D eigenvalue weighted by Crippen LogP contribution is -2.53. The summed E-state index contributed by atoms with van der Waals surface area (Å²) in [5.41, 5.74) is 1.60. The van der Waals surface area contributed by atoms with E-state index < -0.39 is 6.10 Å². The molecule has 2 N–H and O–H groups in total. The van der Waals surface area contributed by atoms with Gasteiger partial charge in [0.1, 0.15) is 11.5 Å². The number of benzene rings is 1. The summed E-state index contributed by atoms with van der Waals surface area (Å²) in [6.45, 7) is 4.47. The van der Waals surface area contributed by atoms with Gasteiger partial charge in [-0.1, -0.05) is 6.08 Å². The van der Waals surface area contributed by atoms with Crippen LogP contribution in [0.1, 0.15) is 30.8 Å². The van der Waals surface area contributed by atoms with Gasteiger partial charge in [0.2, 0.25) is 0 Å². The summed E-state index contributed by atoms with van der Waals surface area (Å²) in [7, 11) is 1.62. The molecule has 8 nitrogen and oxygen atoms in total. The van der Waals surface area contributed by atoms with Crippen LogP contribution in [-0.2, 0) is 9.53 Å². The molecule has 0 aliphatic carbocycles. The van der Waals surface area contributed by atoms with Crippen LogP contribution in [0.15, 0.2) is 59.4 Å². The molecule has 0 radical (unpaired) electrons. The molecule has 3 heterocycles. The average molecular weight is 480 g/mol. The Morgan fingerprint density at radius 2 is 2.26 bits per heavy atom. The topological polar surface area (TPSA) is 97.1 Å². The maximum atomic E-state index is 12.8. The second-order valence-electron chi connectivity index (χ2n) is 8.64. The van der Waals surface area contributed by atoms with E-state index in [1.165, 1.54) is 0 Å². The molecule has 0 spiro atoms. The summed E-state index contributed by atoms with van der Waals surface area (Å²) in [4.78, 5) is 19.3. The molecule has 8 heteroatoms. The van der Waals surface area contributed by atoms with Gasteiger partial charge in [-0.25, -0.2) is 0 Å². The van der Waals surface area contributed by atoms with Crippen LogP contribution in [0.2, 0.25) is 0 Å². The molecule has 3 atom stereocenters. The first kappa shape index (κ1) is 24.9. The van der Waals surface area contributed by atoms with Gasteiger partial charge in [-0.15, -0.1) is 0 Å². The predicted molar refractivity (Wildman–Crippen MR) is 134 cm³/mol. The third-order valence-electron chi connectivity index (χ3n) is 6.38. The minimum absolute atomic E-state index is 0.00490. The number of nitrogens with zero attached hydrogens (tertiary/aromatic N) is 2. The molecular weight excluding hydrogens is 446 g/mol. The summed E-state index contributed by atoms with van der Waals surface area (Å²) in [6.07, 6.45) is 7.29. The summed E-state index contributed by atoms with van der Waals surface area (Å²) in [5, 5.41) is 15.5. The van der Waals surface area contributed by atoms with Gasteiger partial charge in [0.25, 0.3) is 0 Å². The highest BCUT2D eigenvalue weighted by molar-refractivity contribution is 5.83. The monoisotopic (exact) mass is 479 g/mol. The minimum atomic E-state index is -0.726. The van der Waals surface area contributed by atoms with E-state index >= 15 is 0 Å². The van der Waals surface area contributed by atoms with Gasteiger partial charge in [-0.2, -0.15) is 0 Å². The van der Waals surface area contributed by atoms with E-state index in [0.29, 0.717) is 32.0 Å². The van der Waals surface area contributed by atoms with Crippen molar-refractivity contribution in [1.82, 2.24) is 15.2 Å². The molecule has 0 unspecified atom stereocenters. The number of likely N-dealkylation sites (tertiary alicyclic amines) is 1. The Hall–Kier alpha value is -3.20. The number of pyridine rings is 1. The first-order valence-corrected chi connectivity index (χ1v) is 12.0. The number of rotatable bonds is 10. The molecule has 1 fully saturated rings. The molecule has 1 aliphatic rings. The number of methoxy groups -OCH3 is 1. The minimum Gasteiger partial charge on any atom is -0.497 e. The van der Waals surface area contributed by atoms with Crippen molar-refractivity contribution >= 4 is 22.9 Å². The first-order chi connectivity index (χ1) is 17.1. The van der Waals surface area contributed by atoms with Gasteiger partial charge in [0.05, 0.1) is 37.5 Å². The molecule has 2 aromatic heterocycles. The second-order valence-corrected chi connectivity index (χ2v) is 8.64. The first-order valence-electron chi connectivity index (χ1n) is 12.0. The fraction of sp³-hybridized carbons (Fsp3) is 0.407. The van der Waals surface area contributed by atoms with E-state index in [2.05, 4.69) is 15.2 Å². The molecule has 0 saturated carbocycles. The van der Waals surface area contributed by atoms with E-state index in [0.717, 1.165) is 35.2 Å². The highest BCUT2D eigenvalue weighted by Gasteiger charge is 2.35. The molecule has 35 heavy (non-hydrogen) atoms. The number of hydrogen-bond donors (Lipinski definition) is 2.